The molecule has 0 spiro atoms. The lowest BCUT2D eigenvalue weighted by Crippen LogP contribution is -2.26. The Balaban J connectivity index is 2.40. The summed E-state index contributed by atoms with van der Waals surface area (Å²) < 4.78 is 11.7. The van der Waals surface area contributed by atoms with Gasteiger partial charge in [-0.25, -0.2) is 0 Å². The molecule has 0 amide bonds. The van der Waals surface area contributed by atoms with Crippen molar-refractivity contribution in [2.45, 2.75) is 45.6 Å². The van der Waals surface area contributed by atoms with Crippen molar-refractivity contribution < 1.29 is 9.47 Å². The van der Waals surface area contributed by atoms with Crippen molar-refractivity contribution in [3.8, 4) is 0 Å². The van der Waals surface area contributed by atoms with E-state index >= 15 is 0 Å². The number of rotatable bonds is 1. The van der Waals surface area contributed by atoms with Crippen LogP contribution in [0.5, 0.6) is 0 Å². The fourth-order valence-corrected chi connectivity index (χ4v) is 1.70. The molecule has 1 fully saturated rings. The van der Waals surface area contributed by atoms with Gasteiger partial charge in [0.15, 0.2) is 0 Å². The third kappa shape index (κ3) is 1.94. The first-order valence-corrected chi connectivity index (χ1v) is 3.91. The van der Waals surface area contributed by atoms with Gasteiger partial charge in [-0.15, -0.1) is 0 Å². The first-order valence-electron chi connectivity index (χ1n) is 3.91. The minimum atomic E-state index is -0.135. The van der Waals surface area contributed by atoms with E-state index in [0.29, 0.717) is 0 Å². The van der Waals surface area contributed by atoms with Gasteiger partial charge in [-0.2, -0.15) is 4.94 Å². The van der Waals surface area contributed by atoms with Gasteiger partial charge in [-0.3, -0.25) is 0 Å². The Morgan fingerprint density at radius 3 is 2.60 bits per heavy atom. The predicted octanol–water partition coefficient (Wildman–Crippen LogP) is 2.86. The molecule has 0 radical (unpaired) electrons. The predicted molar refractivity (Wildman–Crippen MR) is 38.2 cm³/mol. The van der Waals surface area contributed by atoms with Crippen LogP contribution in [0.25, 0.3) is 0 Å². The molecule has 1 aliphatic rings. The first-order chi connectivity index (χ1) is 4.64. The van der Waals surface area contributed by atoms with Crippen LogP contribution in [0.15, 0.2) is 0 Å². The molecule has 0 saturated heterocycles. The van der Waals surface area contributed by atoms with Crippen molar-refractivity contribution in [3.05, 3.63) is 0 Å². The van der Waals surface area contributed by atoms with Crippen LogP contribution >= 0.6 is 0 Å². The molecule has 1 rings (SSSR count). The van der Waals surface area contributed by atoms with Crippen molar-refractivity contribution in [1.82, 2.24) is 0 Å². The Kier molecular flexibility index (Phi) is 2.29. The van der Waals surface area contributed by atoms with Crippen molar-refractivity contribution in [2.24, 2.45) is 5.41 Å². The third-order valence-electron chi connectivity index (χ3n) is 2.29. The highest BCUT2D eigenvalue weighted by Crippen LogP contribution is 2.36. The summed E-state index contributed by atoms with van der Waals surface area (Å²) in [6, 6.07) is 0. The molecule has 10 heavy (non-hydrogen) atoms. The lowest BCUT2D eigenvalue weighted by molar-refractivity contribution is -0.197. The summed E-state index contributed by atoms with van der Waals surface area (Å²) in [6.45, 7) is 4.33. The molecule has 1 unspecified atom stereocenters. The fourth-order valence-electron chi connectivity index (χ4n) is 1.70. The monoisotopic (exact) mass is 146 g/mol. The van der Waals surface area contributed by atoms with Crippen LogP contribution in [0.4, 0.5) is 4.53 Å². The van der Waals surface area contributed by atoms with Crippen LogP contribution in [0.1, 0.15) is 39.5 Å². The highest BCUT2D eigenvalue weighted by molar-refractivity contribution is 4.78. The Hall–Kier alpha value is -0.110. The van der Waals surface area contributed by atoms with Gasteiger partial charge in [0.05, 0.1) is 6.10 Å². The number of hydrogen-bond donors (Lipinski definition) is 0. The van der Waals surface area contributed by atoms with Crippen molar-refractivity contribution in [2.75, 3.05) is 0 Å². The maximum absolute atomic E-state index is 11.7. The van der Waals surface area contributed by atoms with E-state index in [-0.39, 0.29) is 11.5 Å². The second kappa shape index (κ2) is 2.87. The minimum Gasteiger partial charge on any atom is -0.191 e. The quantitative estimate of drug-likeness (QED) is 0.552. The van der Waals surface area contributed by atoms with E-state index in [1.54, 1.807) is 0 Å². The van der Waals surface area contributed by atoms with Gasteiger partial charge in [-0.05, 0) is 29.2 Å². The van der Waals surface area contributed by atoms with Crippen LogP contribution in [0, 0.1) is 5.41 Å². The standard InChI is InChI=1S/C8H15FO/c1-8(2)5-3-4-7(6-8)10-9/h7H,3-6H2,1-2H3. The summed E-state index contributed by atoms with van der Waals surface area (Å²) in [5.74, 6) is 0. The van der Waals surface area contributed by atoms with E-state index in [1.165, 1.54) is 6.42 Å². The summed E-state index contributed by atoms with van der Waals surface area (Å²) in [7, 11) is 0. The second-order valence-corrected chi connectivity index (χ2v) is 3.97. The van der Waals surface area contributed by atoms with Crippen LogP contribution in [-0.2, 0) is 4.94 Å². The molecule has 0 aromatic carbocycles. The van der Waals surface area contributed by atoms with E-state index < -0.39 is 0 Å². The zero-order chi connectivity index (χ0) is 7.61. The molecule has 1 nitrogen and oxygen atoms in total. The number of hydrogen-bond acceptors (Lipinski definition) is 1. The molecule has 0 bridgehead atoms. The molecular weight excluding hydrogens is 131 g/mol. The summed E-state index contributed by atoms with van der Waals surface area (Å²) in [6.07, 6.45) is 3.92. The van der Waals surface area contributed by atoms with E-state index in [9.17, 15) is 4.53 Å². The van der Waals surface area contributed by atoms with Gasteiger partial charge in [-0.1, -0.05) is 20.3 Å². The fraction of sp³-hybridized carbons (Fsp3) is 1.00. The van der Waals surface area contributed by atoms with Crippen LogP contribution in [-0.4, -0.2) is 6.10 Å². The van der Waals surface area contributed by atoms with Gasteiger partial charge in [0.2, 0.25) is 0 Å². The molecular formula is C8H15FO. The maximum Gasteiger partial charge on any atom is 0.0988 e. The molecule has 1 saturated carbocycles. The van der Waals surface area contributed by atoms with Crippen LogP contribution < -0.4 is 0 Å². The third-order valence-corrected chi connectivity index (χ3v) is 2.29. The Labute approximate surface area is 61.5 Å². The maximum atomic E-state index is 11.7. The minimum absolute atomic E-state index is 0.135. The average molecular weight is 146 g/mol. The van der Waals surface area contributed by atoms with Crippen molar-refractivity contribution >= 4 is 0 Å². The van der Waals surface area contributed by atoms with Crippen LogP contribution in [0.3, 0.4) is 0 Å². The lowest BCUT2D eigenvalue weighted by atomic mass is 9.76. The smallest absolute Gasteiger partial charge is 0.0988 e. The first kappa shape index (κ1) is 7.99. The molecule has 1 aliphatic carbocycles. The molecule has 0 aromatic heterocycles. The summed E-state index contributed by atoms with van der Waals surface area (Å²) in [4.78, 5) is 3.83. The Morgan fingerprint density at radius 2 is 2.20 bits per heavy atom. The summed E-state index contributed by atoms with van der Waals surface area (Å²) in [5.41, 5.74) is 0.287. The Bertz CT molecular complexity index is 112. The highest BCUT2D eigenvalue weighted by Gasteiger charge is 2.28. The Morgan fingerprint density at radius 1 is 1.50 bits per heavy atom. The lowest BCUT2D eigenvalue weighted by Gasteiger charge is -2.32. The molecule has 1 atom stereocenters. The SMILES string of the molecule is CC1(C)CCCC(OF)C1. The zero-order valence-corrected chi connectivity index (χ0v) is 6.69. The molecule has 2 heteroatoms. The van der Waals surface area contributed by atoms with Gasteiger partial charge >= 0.3 is 0 Å². The topological polar surface area (TPSA) is 9.23 Å². The van der Waals surface area contributed by atoms with Gasteiger partial charge in [0.25, 0.3) is 0 Å². The van der Waals surface area contributed by atoms with Crippen molar-refractivity contribution in [1.29, 1.82) is 0 Å². The van der Waals surface area contributed by atoms with Gasteiger partial charge in [0.1, 0.15) is 0 Å². The molecule has 0 aliphatic heterocycles. The zero-order valence-electron chi connectivity index (χ0n) is 6.69. The van der Waals surface area contributed by atoms with E-state index in [0.717, 1.165) is 19.3 Å². The summed E-state index contributed by atoms with van der Waals surface area (Å²) >= 11 is 0. The second-order valence-electron chi connectivity index (χ2n) is 3.97. The van der Waals surface area contributed by atoms with Gasteiger partial charge in [0, 0.05) is 0 Å². The molecule has 0 aromatic rings. The van der Waals surface area contributed by atoms with E-state index in [4.69, 9.17) is 0 Å². The average Bonchev–Trinajstić information content (AvgIpc) is 1.86. The van der Waals surface area contributed by atoms with Crippen molar-refractivity contribution in [3.63, 3.8) is 0 Å². The largest absolute Gasteiger partial charge is 0.191 e. The molecule has 0 heterocycles. The molecule has 0 N–H and O–H groups in total. The van der Waals surface area contributed by atoms with Gasteiger partial charge < -0.3 is 0 Å². The molecule has 60 valence electrons. The van der Waals surface area contributed by atoms with E-state index in [2.05, 4.69) is 18.8 Å². The normalized spacial score (nSPS) is 32.1. The van der Waals surface area contributed by atoms with E-state index in [1.807, 2.05) is 0 Å². The number of halogens is 1. The van der Waals surface area contributed by atoms with Crippen LogP contribution in [0.2, 0.25) is 0 Å². The summed E-state index contributed by atoms with van der Waals surface area (Å²) in [5, 5.41) is 0. The highest BCUT2D eigenvalue weighted by atomic mass is 19.3.